The number of thiazole rings is 1. The van der Waals surface area contributed by atoms with E-state index in [9.17, 15) is 4.79 Å². The molecule has 1 fully saturated rings. The van der Waals surface area contributed by atoms with Gasteiger partial charge in [-0.2, -0.15) is 0 Å². The number of carbonyl (C=O) groups is 1. The molecule has 2 heterocycles. The summed E-state index contributed by atoms with van der Waals surface area (Å²) in [6, 6.07) is 0. The summed E-state index contributed by atoms with van der Waals surface area (Å²) in [4.78, 5) is 18.3. The molecule has 1 aromatic heterocycles. The van der Waals surface area contributed by atoms with E-state index < -0.39 is 0 Å². The molecule has 0 radical (unpaired) electrons. The smallest absolute Gasteiger partial charge is 0.234 e. The highest BCUT2D eigenvalue weighted by Crippen LogP contribution is 2.22. The molecule has 0 saturated carbocycles. The number of nitrogens with zero attached hydrogens (tertiary/aromatic N) is 2. The van der Waals surface area contributed by atoms with Gasteiger partial charge in [0, 0.05) is 5.38 Å². The first-order chi connectivity index (χ1) is 8.25. The third-order valence-electron chi connectivity index (χ3n) is 2.75. The zero-order chi connectivity index (χ0) is 12.1. The van der Waals surface area contributed by atoms with Gasteiger partial charge in [-0.05, 0) is 32.9 Å². The van der Waals surface area contributed by atoms with E-state index in [1.165, 1.54) is 24.6 Å². The topological polar surface area (TPSA) is 45.2 Å². The minimum atomic E-state index is -0.0836. The predicted molar refractivity (Wildman–Crippen MR) is 71.2 cm³/mol. The van der Waals surface area contributed by atoms with Crippen molar-refractivity contribution in [1.29, 1.82) is 0 Å². The molecule has 0 spiro atoms. The normalized spacial score (nSPS) is 18.2. The second kappa shape index (κ2) is 6.37. The zero-order valence-corrected chi connectivity index (χ0v) is 11.5. The predicted octanol–water partition coefficient (Wildman–Crippen LogP) is 1.79. The van der Waals surface area contributed by atoms with Crippen LogP contribution in [0.25, 0.3) is 0 Å². The summed E-state index contributed by atoms with van der Waals surface area (Å²) in [6.45, 7) is 4.81. The summed E-state index contributed by atoms with van der Waals surface area (Å²) in [5, 5.41) is 5.79. The molecule has 17 heavy (non-hydrogen) atoms. The van der Waals surface area contributed by atoms with Gasteiger partial charge in [-0.3, -0.25) is 9.69 Å². The van der Waals surface area contributed by atoms with Crippen molar-refractivity contribution < 1.29 is 4.79 Å². The standard InChI is InChI=1S/C11H17N3OS2/c1-9(17-10-6-16-8-13-10)11(15)12-7-14-4-2-3-5-14/h6,8-9H,2-5,7H2,1H3,(H,12,15). The lowest BCUT2D eigenvalue weighted by molar-refractivity contribution is -0.120. The van der Waals surface area contributed by atoms with E-state index >= 15 is 0 Å². The lowest BCUT2D eigenvalue weighted by atomic mass is 10.4. The average molecular weight is 271 g/mol. The first-order valence-corrected chi connectivity index (χ1v) is 7.63. The Morgan fingerprint density at radius 3 is 3.06 bits per heavy atom. The van der Waals surface area contributed by atoms with Crippen molar-refractivity contribution in [1.82, 2.24) is 15.2 Å². The number of hydrogen-bond donors (Lipinski definition) is 1. The van der Waals surface area contributed by atoms with Gasteiger partial charge in [-0.15, -0.1) is 11.3 Å². The number of aromatic nitrogens is 1. The van der Waals surface area contributed by atoms with Gasteiger partial charge in [0.05, 0.1) is 17.4 Å². The van der Waals surface area contributed by atoms with Crippen LogP contribution in [-0.2, 0) is 4.79 Å². The molecule has 0 aliphatic carbocycles. The van der Waals surface area contributed by atoms with Gasteiger partial charge in [0.2, 0.25) is 5.91 Å². The van der Waals surface area contributed by atoms with Crippen LogP contribution in [0.4, 0.5) is 0 Å². The Bertz CT molecular complexity index is 350. The lowest BCUT2D eigenvalue weighted by Gasteiger charge is -2.17. The number of carbonyl (C=O) groups excluding carboxylic acids is 1. The SMILES string of the molecule is CC(Sc1cscn1)C(=O)NCN1CCCC1. The summed E-state index contributed by atoms with van der Waals surface area (Å²) >= 11 is 3.06. The summed E-state index contributed by atoms with van der Waals surface area (Å²) in [6.07, 6.45) is 2.50. The molecule has 2 rings (SSSR count). The highest BCUT2D eigenvalue weighted by molar-refractivity contribution is 8.00. The van der Waals surface area contributed by atoms with Crippen LogP contribution < -0.4 is 5.32 Å². The first-order valence-electron chi connectivity index (χ1n) is 5.80. The van der Waals surface area contributed by atoms with Gasteiger partial charge in [0.1, 0.15) is 5.03 Å². The van der Waals surface area contributed by atoms with E-state index in [2.05, 4.69) is 15.2 Å². The van der Waals surface area contributed by atoms with Crippen LogP contribution in [0.1, 0.15) is 19.8 Å². The summed E-state index contributed by atoms with van der Waals surface area (Å²) < 4.78 is 0. The molecule has 1 atom stereocenters. The van der Waals surface area contributed by atoms with Crippen LogP contribution in [0, 0.1) is 0 Å². The van der Waals surface area contributed by atoms with E-state index in [0.29, 0.717) is 6.67 Å². The van der Waals surface area contributed by atoms with Crippen molar-refractivity contribution in [3.63, 3.8) is 0 Å². The third-order valence-corrected chi connectivity index (χ3v) is 4.52. The molecule has 0 aromatic carbocycles. The molecule has 1 N–H and O–H groups in total. The highest BCUT2D eigenvalue weighted by Gasteiger charge is 2.17. The summed E-state index contributed by atoms with van der Waals surface area (Å²) in [7, 11) is 0. The van der Waals surface area contributed by atoms with Gasteiger partial charge >= 0.3 is 0 Å². The molecule has 1 aliphatic rings. The molecule has 94 valence electrons. The summed E-state index contributed by atoms with van der Waals surface area (Å²) in [5.41, 5.74) is 1.79. The number of thioether (sulfide) groups is 1. The van der Waals surface area contributed by atoms with Crippen LogP contribution >= 0.6 is 23.1 Å². The van der Waals surface area contributed by atoms with E-state index in [-0.39, 0.29) is 11.2 Å². The van der Waals surface area contributed by atoms with Gasteiger partial charge in [0.25, 0.3) is 0 Å². The molecular formula is C11H17N3OS2. The van der Waals surface area contributed by atoms with E-state index in [1.807, 2.05) is 12.3 Å². The molecular weight excluding hydrogens is 254 g/mol. The van der Waals surface area contributed by atoms with Crippen molar-refractivity contribution in [2.24, 2.45) is 0 Å². The fraction of sp³-hybridized carbons (Fsp3) is 0.636. The molecule has 0 bridgehead atoms. The largest absolute Gasteiger partial charge is 0.342 e. The minimum Gasteiger partial charge on any atom is -0.342 e. The van der Waals surface area contributed by atoms with Crippen molar-refractivity contribution >= 4 is 29.0 Å². The minimum absolute atomic E-state index is 0.0836. The summed E-state index contributed by atoms with van der Waals surface area (Å²) in [5.74, 6) is 0.0925. The number of likely N-dealkylation sites (tertiary alicyclic amines) is 1. The Morgan fingerprint density at radius 2 is 2.41 bits per heavy atom. The zero-order valence-electron chi connectivity index (χ0n) is 9.89. The number of amides is 1. The number of hydrogen-bond acceptors (Lipinski definition) is 5. The van der Waals surface area contributed by atoms with Crippen LogP contribution in [0.15, 0.2) is 15.9 Å². The van der Waals surface area contributed by atoms with Gasteiger partial charge < -0.3 is 5.32 Å². The first kappa shape index (κ1) is 12.9. The van der Waals surface area contributed by atoms with Gasteiger partial charge in [0.15, 0.2) is 0 Å². The van der Waals surface area contributed by atoms with Gasteiger partial charge in [-0.1, -0.05) is 11.8 Å². The number of nitrogens with one attached hydrogen (secondary N) is 1. The van der Waals surface area contributed by atoms with Crippen LogP contribution in [0.3, 0.4) is 0 Å². The van der Waals surface area contributed by atoms with E-state index in [1.54, 1.807) is 16.8 Å². The molecule has 1 saturated heterocycles. The maximum absolute atomic E-state index is 11.8. The average Bonchev–Trinajstić information content (AvgIpc) is 2.98. The van der Waals surface area contributed by atoms with E-state index in [0.717, 1.165) is 18.1 Å². The fourth-order valence-electron chi connectivity index (χ4n) is 1.77. The van der Waals surface area contributed by atoms with Crippen LogP contribution in [0.2, 0.25) is 0 Å². The quantitative estimate of drug-likeness (QED) is 0.829. The van der Waals surface area contributed by atoms with Crippen molar-refractivity contribution in [3.8, 4) is 0 Å². The maximum atomic E-state index is 11.8. The fourth-order valence-corrected chi connectivity index (χ4v) is 3.30. The molecule has 1 aliphatic heterocycles. The highest BCUT2D eigenvalue weighted by atomic mass is 32.2. The third kappa shape index (κ3) is 3.97. The van der Waals surface area contributed by atoms with Gasteiger partial charge in [-0.25, -0.2) is 4.98 Å². The Kier molecular flexibility index (Phi) is 4.82. The Morgan fingerprint density at radius 1 is 1.65 bits per heavy atom. The molecule has 1 unspecified atom stereocenters. The molecule has 1 amide bonds. The van der Waals surface area contributed by atoms with Crippen LogP contribution in [0.5, 0.6) is 0 Å². The lowest BCUT2D eigenvalue weighted by Crippen LogP contribution is -2.39. The van der Waals surface area contributed by atoms with Crippen molar-refractivity contribution in [2.75, 3.05) is 19.8 Å². The Hall–Kier alpha value is -0.590. The monoisotopic (exact) mass is 271 g/mol. The van der Waals surface area contributed by atoms with Crippen molar-refractivity contribution in [3.05, 3.63) is 10.9 Å². The maximum Gasteiger partial charge on any atom is 0.234 e. The molecule has 4 nitrogen and oxygen atoms in total. The van der Waals surface area contributed by atoms with E-state index in [4.69, 9.17) is 0 Å². The molecule has 6 heteroatoms. The Balaban J connectivity index is 1.71. The van der Waals surface area contributed by atoms with Crippen LogP contribution in [-0.4, -0.2) is 40.8 Å². The second-order valence-electron chi connectivity index (χ2n) is 4.11. The molecule has 1 aromatic rings. The Labute approximate surface area is 110 Å². The van der Waals surface area contributed by atoms with Crippen molar-refractivity contribution in [2.45, 2.75) is 30.0 Å². The second-order valence-corrected chi connectivity index (χ2v) is 6.19. The number of rotatable bonds is 5.